The molecule has 0 heterocycles. The lowest BCUT2D eigenvalue weighted by atomic mass is 9.99. The summed E-state index contributed by atoms with van der Waals surface area (Å²) in [6.45, 7) is 1.46. The molecule has 0 aliphatic rings. The minimum atomic E-state index is -1.43. The van der Waals surface area contributed by atoms with E-state index in [0.29, 0.717) is 5.56 Å². The van der Waals surface area contributed by atoms with Crippen molar-refractivity contribution in [1.82, 2.24) is 0 Å². The van der Waals surface area contributed by atoms with Gasteiger partial charge >= 0.3 is 0 Å². The highest BCUT2D eigenvalue weighted by atomic mass is 19.2. The van der Waals surface area contributed by atoms with Gasteiger partial charge < -0.3 is 0 Å². The van der Waals surface area contributed by atoms with Crippen LogP contribution in [0.1, 0.15) is 23.7 Å². The second-order valence-corrected chi connectivity index (χ2v) is 4.05. The minimum Gasteiger partial charge on any atom is -0.294 e. The van der Waals surface area contributed by atoms with Crippen LogP contribution in [-0.2, 0) is 0 Å². The number of ketones is 1. The molecular weight excluding hydrogens is 253 g/mol. The van der Waals surface area contributed by atoms with Crippen LogP contribution in [0.4, 0.5) is 13.2 Å². The minimum absolute atomic E-state index is 0.0854. The van der Waals surface area contributed by atoms with Crippen LogP contribution in [0.5, 0.6) is 0 Å². The average molecular weight is 264 g/mol. The number of carbonyl (C=O) groups excluding carboxylic acids is 1. The Balaban J connectivity index is 2.65. The molecule has 2 rings (SSSR count). The Hall–Kier alpha value is -2.10. The summed E-state index contributed by atoms with van der Waals surface area (Å²) < 4.78 is 41.5. The standard InChI is InChI=1S/C15H11F3O/c1-2-12(19)13-11(16)8-10(14(17)15(13)18)9-6-4-3-5-7-9/h3-8H,2H2,1H3. The molecule has 2 aromatic carbocycles. The van der Waals surface area contributed by atoms with Crippen molar-refractivity contribution in [2.45, 2.75) is 13.3 Å². The highest BCUT2D eigenvalue weighted by molar-refractivity contribution is 5.97. The molecule has 0 radical (unpaired) electrons. The van der Waals surface area contributed by atoms with Gasteiger partial charge in [-0.15, -0.1) is 0 Å². The van der Waals surface area contributed by atoms with Crippen molar-refractivity contribution >= 4 is 5.78 Å². The second kappa shape index (κ2) is 5.26. The topological polar surface area (TPSA) is 17.1 Å². The number of carbonyl (C=O) groups is 1. The van der Waals surface area contributed by atoms with Gasteiger partial charge in [0, 0.05) is 12.0 Å². The Bertz CT molecular complexity index is 621. The van der Waals surface area contributed by atoms with E-state index >= 15 is 0 Å². The molecule has 4 heteroatoms. The Morgan fingerprint density at radius 1 is 1.05 bits per heavy atom. The van der Waals surface area contributed by atoms with Crippen LogP contribution < -0.4 is 0 Å². The number of hydrogen-bond donors (Lipinski definition) is 0. The first-order valence-electron chi connectivity index (χ1n) is 5.82. The zero-order valence-corrected chi connectivity index (χ0v) is 10.2. The van der Waals surface area contributed by atoms with Crippen LogP contribution in [0, 0.1) is 17.5 Å². The highest BCUT2D eigenvalue weighted by Gasteiger charge is 2.23. The third-order valence-corrected chi connectivity index (χ3v) is 2.84. The zero-order valence-electron chi connectivity index (χ0n) is 10.2. The molecule has 2 aromatic rings. The molecule has 0 saturated carbocycles. The van der Waals surface area contributed by atoms with Gasteiger partial charge in [0.15, 0.2) is 17.4 Å². The zero-order chi connectivity index (χ0) is 14.0. The van der Waals surface area contributed by atoms with Crippen molar-refractivity contribution in [2.24, 2.45) is 0 Å². The van der Waals surface area contributed by atoms with Crippen molar-refractivity contribution in [2.75, 3.05) is 0 Å². The average Bonchev–Trinajstić information content (AvgIpc) is 2.43. The van der Waals surface area contributed by atoms with Crippen LogP contribution in [-0.4, -0.2) is 5.78 Å². The van der Waals surface area contributed by atoms with Gasteiger partial charge in [-0.2, -0.15) is 0 Å². The molecule has 0 bridgehead atoms. The lowest BCUT2D eigenvalue weighted by molar-refractivity contribution is 0.0979. The van der Waals surface area contributed by atoms with Gasteiger partial charge in [0.2, 0.25) is 0 Å². The van der Waals surface area contributed by atoms with Gasteiger partial charge in [-0.25, -0.2) is 13.2 Å². The SMILES string of the molecule is CCC(=O)c1c(F)cc(-c2ccccc2)c(F)c1F. The van der Waals surface area contributed by atoms with E-state index in [1.807, 2.05) is 0 Å². The van der Waals surface area contributed by atoms with E-state index in [2.05, 4.69) is 0 Å². The molecule has 19 heavy (non-hydrogen) atoms. The summed E-state index contributed by atoms with van der Waals surface area (Å²) in [6.07, 6.45) is -0.0854. The summed E-state index contributed by atoms with van der Waals surface area (Å²) in [7, 11) is 0. The number of hydrogen-bond acceptors (Lipinski definition) is 1. The van der Waals surface area contributed by atoms with Crippen LogP contribution >= 0.6 is 0 Å². The smallest absolute Gasteiger partial charge is 0.173 e. The monoisotopic (exact) mass is 264 g/mol. The first kappa shape index (κ1) is 13.3. The second-order valence-electron chi connectivity index (χ2n) is 4.05. The van der Waals surface area contributed by atoms with E-state index in [0.717, 1.165) is 6.07 Å². The molecule has 1 nitrogen and oxygen atoms in total. The van der Waals surface area contributed by atoms with Gasteiger partial charge in [0.05, 0.1) is 5.56 Å². The third-order valence-electron chi connectivity index (χ3n) is 2.84. The third kappa shape index (κ3) is 2.38. The van der Waals surface area contributed by atoms with Crippen LogP contribution in [0.25, 0.3) is 11.1 Å². The molecule has 0 spiro atoms. The largest absolute Gasteiger partial charge is 0.294 e. The normalized spacial score (nSPS) is 10.5. The molecule has 0 aromatic heterocycles. The predicted octanol–water partition coefficient (Wildman–Crippen LogP) is 4.36. The predicted molar refractivity (Wildman–Crippen MR) is 66.4 cm³/mol. The molecule has 0 amide bonds. The fourth-order valence-electron chi connectivity index (χ4n) is 1.86. The Kier molecular flexibility index (Phi) is 3.69. The summed E-state index contributed by atoms with van der Waals surface area (Å²) in [6, 6.07) is 8.92. The van der Waals surface area contributed by atoms with Crippen LogP contribution in [0.15, 0.2) is 36.4 Å². The molecule has 0 atom stereocenters. The first-order chi connectivity index (χ1) is 9.06. The van der Waals surface area contributed by atoms with Gasteiger partial charge in [-0.3, -0.25) is 4.79 Å². The van der Waals surface area contributed by atoms with Gasteiger partial charge in [-0.05, 0) is 11.6 Å². The molecule has 98 valence electrons. The van der Waals surface area contributed by atoms with E-state index in [1.165, 1.54) is 6.92 Å². The van der Waals surface area contributed by atoms with Crippen LogP contribution in [0.3, 0.4) is 0 Å². The maximum absolute atomic E-state index is 13.9. The number of Topliss-reactive ketones (excluding diaryl/α,β-unsaturated/α-hetero) is 1. The van der Waals surface area contributed by atoms with Crippen LogP contribution in [0.2, 0.25) is 0 Å². The molecular formula is C15H11F3O. The summed E-state index contributed by atoms with van der Waals surface area (Å²) >= 11 is 0. The van der Waals surface area contributed by atoms with E-state index in [-0.39, 0.29) is 12.0 Å². The molecule has 0 fully saturated rings. The van der Waals surface area contributed by atoms with E-state index in [1.54, 1.807) is 30.3 Å². The van der Waals surface area contributed by atoms with E-state index < -0.39 is 28.8 Å². The fourth-order valence-corrected chi connectivity index (χ4v) is 1.86. The van der Waals surface area contributed by atoms with Crippen molar-refractivity contribution in [1.29, 1.82) is 0 Å². The maximum atomic E-state index is 13.9. The summed E-state index contributed by atoms with van der Waals surface area (Å²) in [5.74, 6) is -4.42. The number of halogens is 3. The Labute approximate surface area is 108 Å². The van der Waals surface area contributed by atoms with Gasteiger partial charge in [-0.1, -0.05) is 37.3 Å². The molecule has 0 unspecified atom stereocenters. The maximum Gasteiger partial charge on any atom is 0.173 e. The molecule has 0 aliphatic heterocycles. The van der Waals surface area contributed by atoms with Gasteiger partial charge in [0.1, 0.15) is 5.82 Å². The molecule has 0 N–H and O–H groups in total. The highest BCUT2D eigenvalue weighted by Crippen LogP contribution is 2.28. The van der Waals surface area contributed by atoms with E-state index in [9.17, 15) is 18.0 Å². The van der Waals surface area contributed by atoms with Crippen molar-refractivity contribution < 1.29 is 18.0 Å². The first-order valence-corrected chi connectivity index (χ1v) is 5.82. The fraction of sp³-hybridized carbons (Fsp3) is 0.133. The lowest BCUT2D eigenvalue weighted by Gasteiger charge is -2.09. The van der Waals surface area contributed by atoms with Crippen molar-refractivity contribution in [3.63, 3.8) is 0 Å². The van der Waals surface area contributed by atoms with E-state index in [4.69, 9.17) is 0 Å². The number of rotatable bonds is 3. The van der Waals surface area contributed by atoms with Gasteiger partial charge in [0.25, 0.3) is 0 Å². The summed E-state index contributed by atoms with van der Waals surface area (Å²) in [5, 5.41) is 0. The van der Waals surface area contributed by atoms with Crippen molar-refractivity contribution in [3.05, 3.63) is 59.4 Å². The summed E-state index contributed by atoms with van der Waals surface area (Å²) in [4.78, 5) is 11.4. The molecule has 0 aliphatic carbocycles. The summed E-state index contributed by atoms with van der Waals surface area (Å²) in [5.41, 5.74) is -0.642. The molecule has 0 saturated heterocycles. The van der Waals surface area contributed by atoms with Crippen molar-refractivity contribution in [3.8, 4) is 11.1 Å². The Morgan fingerprint density at radius 2 is 1.68 bits per heavy atom. The number of benzene rings is 2. The lowest BCUT2D eigenvalue weighted by Crippen LogP contribution is -2.08. The quantitative estimate of drug-likeness (QED) is 0.594. The Morgan fingerprint density at radius 3 is 2.26 bits per heavy atom.